The van der Waals surface area contributed by atoms with E-state index in [0.29, 0.717) is 56.6 Å². The van der Waals surface area contributed by atoms with Crippen molar-refractivity contribution in [3.8, 4) is 17.2 Å². The Morgan fingerprint density at radius 3 is 2.50 bits per heavy atom. The second kappa shape index (κ2) is 16.0. The molecule has 0 aliphatic carbocycles. The van der Waals surface area contributed by atoms with Crippen molar-refractivity contribution in [1.82, 2.24) is 4.57 Å². The number of thiazole rings is 1. The molecule has 3 aromatic carbocycles. The first-order valence-electron chi connectivity index (χ1n) is 15.0. The molecule has 0 spiro atoms. The summed E-state index contributed by atoms with van der Waals surface area (Å²) in [4.78, 5) is 44.6. The summed E-state index contributed by atoms with van der Waals surface area (Å²) in [6.07, 6.45) is 1.78. The van der Waals surface area contributed by atoms with Crippen LogP contribution in [0.25, 0.3) is 6.08 Å². The van der Waals surface area contributed by atoms with E-state index in [-0.39, 0.29) is 24.3 Å². The summed E-state index contributed by atoms with van der Waals surface area (Å²) in [5.74, 6) is 0.148. The number of allylic oxidation sites excluding steroid dienone is 1. The Balaban J connectivity index is 1.65. The van der Waals surface area contributed by atoms with E-state index < -0.39 is 18.0 Å². The summed E-state index contributed by atoms with van der Waals surface area (Å²) in [5.41, 5.74) is 2.60. The lowest BCUT2D eigenvalue weighted by atomic mass is 9.95. The van der Waals surface area contributed by atoms with Crippen LogP contribution >= 0.6 is 49.9 Å². The predicted octanol–water partition coefficient (Wildman–Crippen LogP) is 5.69. The molecule has 10 nitrogen and oxygen atoms in total. The number of fused-ring (bicyclic) bond motifs is 1. The van der Waals surface area contributed by atoms with Crippen LogP contribution in [0.5, 0.6) is 17.2 Å². The standard InChI is InChI=1S/C35H32BrIN2O8S/c1-5-44-27-15-22(12-13-26(27)46-19-29(40)43-4)31-30(34(42)45-6-2)20(3)38-35-39(31)33(41)28(48-35)16-23-14-24(36)17-25(37)32(23)47-18-21-10-8-7-9-11-21/h7-17,31H,5-6,18-19H2,1-4H3/b28-16+/t31-/m1/s1. The fraction of sp³-hybridized carbons (Fsp3) is 0.257. The van der Waals surface area contributed by atoms with E-state index in [9.17, 15) is 14.4 Å². The maximum absolute atomic E-state index is 14.3. The Hall–Kier alpha value is -3.95. The zero-order valence-corrected chi connectivity index (χ0v) is 31.1. The topological polar surface area (TPSA) is 115 Å². The fourth-order valence-corrected chi connectivity index (χ4v) is 7.84. The molecule has 4 aromatic rings. The molecule has 0 saturated heterocycles. The van der Waals surface area contributed by atoms with Gasteiger partial charge in [-0.05, 0) is 84.8 Å². The predicted molar refractivity (Wildman–Crippen MR) is 193 cm³/mol. The lowest BCUT2D eigenvalue weighted by Crippen LogP contribution is -2.40. The van der Waals surface area contributed by atoms with Crippen molar-refractivity contribution in [2.45, 2.75) is 33.4 Å². The van der Waals surface area contributed by atoms with Gasteiger partial charge >= 0.3 is 11.9 Å². The summed E-state index contributed by atoms with van der Waals surface area (Å²) in [5, 5.41) is 0. The van der Waals surface area contributed by atoms with E-state index in [1.807, 2.05) is 49.4 Å². The molecule has 1 aliphatic rings. The van der Waals surface area contributed by atoms with Crippen LogP contribution in [0.3, 0.4) is 0 Å². The van der Waals surface area contributed by atoms with E-state index in [0.717, 1.165) is 13.6 Å². The largest absolute Gasteiger partial charge is 0.490 e. The SMILES string of the molecule is CCOC(=O)C1=C(C)N=c2s/c(=C/c3cc(Br)cc(I)c3OCc3ccccc3)c(=O)n2[C@@H]1c1ccc(OCC(=O)OC)c(OCC)c1. The normalized spacial score (nSPS) is 14.2. The van der Waals surface area contributed by atoms with Gasteiger partial charge < -0.3 is 23.7 Å². The Bertz CT molecular complexity index is 2060. The van der Waals surface area contributed by atoms with E-state index in [2.05, 4.69) is 43.5 Å². The molecule has 48 heavy (non-hydrogen) atoms. The monoisotopic (exact) mass is 846 g/mol. The first-order chi connectivity index (χ1) is 23.1. The molecule has 0 fully saturated rings. The number of nitrogens with zero attached hydrogens (tertiary/aromatic N) is 2. The number of esters is 2. The van der Waals surface area contributed by atoms with Gasteiger partial charge in [0.1, 0.15) is 12.4 Å². The van der Waals surface area contributed by atoms with Gasteiger partial charge in [-0.1, -0.05) is 63.7 Å². The minimum absolute atomic E-state index is 0.143. The van der Waals surface area contributed by atoms with Crippen molar-refractivity contribution < 1.29 is 33.3 Å². The molecule has 0 N–H and O–H groups in total. The van der Waals surface area contributed by atoms with Gasteiger partial charge in [-0.2, -0.15) is 0 Å². The molecule has 5 rings (SSSR count). The number of halogens is 2. The zero-order valence-electron chi connectivity index (χ0n) is 26.6. The van der Waals surface area contributed by atoms with Gasteiger partial charge in [0.15, 0.2) is 22.9 Å². The number of ether oxygens (including phenoxy) is 5. The lowest BCUT2D eigenvalue weighted by molar-refractivity contribution is -0.143. The summed E-state index contributed by atoms with van der Waals surface area (Å²) < 4.78 is 31.5. The first-order valence-corrected chi connectivity index (χ1v) is 17.7. The average Bonchev–Trinajstić information content (AvgIpc) is 3.37. The summed E-state index contributed by atoms with van der Waals surface area (Å²) >= 11 is 7.01. The summed E-state index contributed by atoms with van der Waals surface area (Å²) in [6.45, 7) is 5.74. The third-order valence-electron chi connectivity index (χ3n) is 7.22. The third-order valence-corrected chi connectivity index (χ3v) is 9.47. The molecule has 1 aromatic heterocycles. The Kier molecular flexibility index (Phi) is 11.8. The second-order valence-electron chi connectivity index (χ2n) is 10.4. The third kappa shape index (κ3) is 7.84. The van der Waals surface area contributed by atoms with Gasteiger partial charge in [0.2, 0.25) is 0 Å². The number of hydrogen-bond acceptors (Lipinski definition) is 10. The van der Waals surface area contributed by atoms with Crippen LogP contribution in [0.4, 0.5) is 0 Å². The van der Waals surface area contributed by atoms with Crippen LogP contribution in [0, 0.1) is 3.57 Å². The van der Waals surface area contributed by atoms with Gasteiger partial charge in [-0.15, -0.1) is 0 Å². The van der Waals surface area contributed by atoms with E-state index in [1.54, 1.807) is 38.1 Å². The van der Waals surface area contributed by atoms with Crippen molar-refractivity contribution in [3.05, 3.63) is 116 Å². The highest BCUT2D eigenvalue weighted by molar-refractivity contribution is 14.1. The Morgan fingerprint density at radius 2 is 1.79 bits per heavy atom. The molecule has 0 bridgehead atoms. The molecule has 0 radical (unpaired) electrons. The molecule has 1 atom stereocenters. The molecule has 0 amide bonds. The number of aromatic nitrogens is 1. The zero-order chi connectivity index (χ0) is 34.4. The fourth-order valence-electron chi connectivity index (χ4n) is 5.10. The van der Waals surface area contributed by atoms with Gasteiger partial charge in [-0.25, -0.2) is 14.6 Å². The molecule has 1 aliphatic heterocycles. The molecular formula is C35H32BrIN2O8S. The maximum Gasteiger partial charge on any atom is 0.343 e. The van der Waals surface area contributed by atoms with Crippen LogP contribution in [-0.4, -0.2) is 43.4 Å². The van der Waals surface area contributed by atoms with Gasteiger partial charge in [0, 0.05) is 10.0 Å². The van der Waals surface area contributed by atoms with Gasteiger partial charge in [0.25, 0.3) is 5.56 Å². The van der Waals surface area contributed by atoms with Gasteiger partial charge in [-0.3, -0.25) is 9.36 Å². The summed E-state index contributed by atoms with van der Waals surface area (Å²) in [7, 11) is 1.27. The number of carbonyl (C=O) groups excluding carboxylic acids is 2. The highest BCUT2D eigenvalue weighted by atomic mass is 127. The van der Waals surface area contributed by atoms with Crippen LogP contribution in [0.15, 0.2) is 86.2 Å². The van der Waals surface area contributed by atoms with Crippen molar-refractivity contribution >= 4 is 67.9 Å². The van der Waals surface area contributed by atoms with Crippen molar-refractivity contribution in [3.63, 3.8) is 0 Å². The first kappa shape index (κ1) is 35.4. The summed E-state index contributed by atoms with van der Waals surface area (Å²) in [6, 6.07) is 17.9. The number of hydrogen-bond donors (Lipinski definition) is 0. The minimum atomic E-state index is -0.882. The number of methoxy groups -OCH3 is 1. The molecular weight excluding hydrogens is 815 g/mol. The van der Waals surface area contributed by atoms with E-state index in [1.165, 1.54) is 23.0 Å². The Morgan fingerprint density at radius 1 is 1.02 bits per heavy atom. The van der Waals surface area contributed by atoms with E-state index >= 15 is 0 Å². The molecule has 250 valence electrons. The van der Waals surface area contributed by atoms with Crippen LogP contribution in [0.1, 0.15) is 43.5 Å². The highest BCUT2D eigenvalue weighted by Gasteiger charge is 2.34. The smallest absolute Gasteiger partial charge is 0.343 e. The lowest BCUT2D eigenvalue weighted by Gasteiger charge is -2.25. The second-order valence-corrected chi connectivity index (χ2v) is 13.5. The van der Waals surface area contributed by atoms with Crippen molar-refractivity contribution in [2.75, 3.05) is 26.9 Å². The van der Waals surface area contributed by atoms with Crippen molar-refractivity contribution in [2.24, 2.45) is 4.99 Å². The average molecular weight is 848 g/mol. The van der Waals surface area contributed by atoms with Crippen LogP contribution in [0.2, 0.25) is 0 Å². The molecule has 0 unspecified atom stereocenters. The number of benzene rings is 3. The minimum Gasteiger partial charge on any atom is -0.490 e. The highest BCUT2D eigenvalue weighted by Crippen LogP contribution is 2.37. The van der Waals surface area contributed by atoms with Crippen molar-refractivity contribution in [1.29, 1.82) is 0 Å². The Labute approximate surface area is 302 Å². The van der Waals surface area contributed by atoms with Crippen LogP contribution < -0.4 is 29.1 Å². The van der Waals surface area contributed by atoms with Gasteiger partial charge in [0.05, 0.1) is 45.7 Å². The maximum atomic E-state index is 14.3. The van der Waals surface area contributed by atoms with E-state index in [4.69, 9.17) is 23.7 Å². The molecule has 0 saturated carbocycles. The molecule has 13 heteroatoms. The number of carbonyl (C=O) groups is 2. The number of rotatable bonds is 12. The molecule has 2 heterocycles. The quantitative estimate of drug-likeness (QED) is 0.132. The van der Waals surface area contributed by atoms with Crippen LogP contribution in [-0.2, 0) is 25.7 Å².